The van der Waals surface area contributed by atoms with Crippen LogP contribution in [0.2, 0.25) is 0 Å². The summed E-state index contributed by atoms with van der Waals surface area (Å²) >= 11 is 0. The lowest BCUT2D eigenvalue weighted by atomic mass is 9.68. The van der Waals surface area contributed by atoms with Crippen molar-refractivity contribution in [3.63, 3.8) is 0 Å². The fraction of sp³-hybridized carbons (Fsp3) is 0.0204. The van der Waals surface area contributed by atoms with Gasteiger partial charge >= 0.3 is 0 Å². The van der Waals surface area contributed by atoms with E-state index in [9.17, 15) is 0 Å². The highest BCUT2D eigenvalue weighted by Crippen LogP contribution is 2.59. The van der Waals surface area contributed by atoms with Gasteiger partial charge in [0.15, 0.2) is 0 Å². The molecule has 2 aromatic heterocycles. The largest absolute Gasteiger partial charge is 0.456 e. The van der Waals surface area contributed by atoms with E-state index in [1.807, 2.05) is 24.3 Å². The minimum Gasteiger partial charge on any atom is -0.456 e. The Morgan fingerprint density at radius 3 is 1.44 bits per heavy atom. The molecule has 0 saturated heterocycles. The van der Waals surface area contributed by atoms with Crippen LogP contribution in [0.3, 0.4) is 0 Å². The van der Waals surface area contributed by atoms with E-state index in [2.05, 4.69) is 169 Å². The number of anilines is 3. The molecule has 10 aromatic rings. The second kappa shape index (κ2) is 11.1. The van der Waals surface area contributed by atoms with Crippen molar-refractivity contribution in [3.05, 3.63) is 210 Å². The molecule has 0 bridgehead atoms. The number of nitrogens with zero attached hydrogens (tertiary/aromatic N) is 1. The number of fused-ring (bicyclic) bond motifs is 9. The highest BCUT2D eigenvalue weighted by Gasteiger charge is 2.47. The van der Waals surface area contributed by atoms with Crippen molar-refractivity contribution in [2.45, 2.75) is 5.41 Å². The molecule has 0 amide bonds. The van der Waals surface area contributed by atoms with Crippen LogP contribution >= 0.6 is 0 Å². The number of furan rings is 2. The Morgan fingerprint density at radius 2 is 0.846 bits per heavy atom. The molecule has 1 aliphatic carbocycles. The van der Waals surface area contributed by atoms with Gasteiger partial charge in [-0.1, -0.05) is 133 Å². The molecule has 0 spiro atoms. The molecule has 52 heavy (non-hydrogen) atoms. The van der Waals surface area contributed by atoms with Crippen molar-refractivity contribution in [1.29, 1.82) is 0 Å². The first-order valence-corrected chi connectivity index (χ1v) is 17.8. The van der Waals surface area contributed by atoms with Crippen LogP contribution in [0.4, 0.5) is 17.1 Å². The number of hydrogen-bond acceptors (Lipinski definition) is 3. The Balaban J connectivity index is 1.24. The first kappa shape index (κ1) is 28.9. The quantitative estimate of drug-likeness (QED) is 0.183. The molecular weight excluding hydrogens is 635 g/mol. The SMILES string of the molecule is c1ccc(C2(c3ccccc3)c3ccccc3-c3c(N(c4ccc5oc6ccccc6c5c4)c4ccc5oc6ccccc6c5c4)cccc32)cc1. The number of benzene rings is 8. The van der Waals surface area contributed by atoms with E-state index >= 15 is 0 Å². The molecule has 0 radical (unpaired) electrons. The summed E-state index contributed by atoms with van der Waals surface area (Å²) in [4.78, 5) is 2.42. The molecule has 0 unspecified atom stereocenters. The van der Waals surface area contributed by atoms with Gasteiger partial charge in [-0.2, -0.15) is 0 Å². The van der Waals surface area contributed by atoms with Gasteiger partial charge in [-0.3, -0.25) is 0 Å². The van der Waals surface area contributed by atoms with Crippen LogP contribution in [0.15, 0.2) is 197 Å². The number of rotatable bonds is 5. The number of hydrogen-bond donors (Lipinski definition) is 0. The highest BCUT2D eigenvalue weighted by molar-refractivity contribution is 6.09. The van der Waals surface area contributed by atoms with Crippen LogP contribution in [0.1, 0.15) is 22.3 Å². The molecule has 0 aliphatic heterocycles. The normalized spacial score (nSPS) is 13.2. The highest BCUT2D eigenvalue weighted by atomic mass is 16.3. The molecular formula is C49H31NO2. The fourth-order valence-electron chi connectivity index (χ4n) is 8.79. The first-order chi connectivity index (χ1) is 25.8. The summed E-state index contributed by atoms with van der Waals surface area (Å²) in [6, 6.07) is 67.5. The molecule has 3 heteroatoms. The van der Waals surface area contributed by atoms with Crippen LogP contribution in [0, 0.1) is 0 Å². The monoisotopic (exact) mass is 665 g/mol. The summed E-state index contributed by atoms with van der Waals surface area (Å²) in [7, 11) is 0. The lowest BCUT2D eigenvalue weighted by Crippen LogP contribution is -2.28. The van der Waals surface area contributed by atoms with Crippen molar-refractivity contribution in [2.24, 2.45) is 0 Å². The van der Waals surface area contributed by atoms with Gasteiger partial charge in [0.2, 0.25) is 0 Å². The maximum atomic E-state index is 6.31. The van der Waals surface area contributed by atoms with Gasteiger partial charge in [0.05, 0.1) is 11.1 Å². The first-order valence-electron chi connectivity index (χ1n) is 17.8. The van der Waals surface area contributed by atoms with Gasteiger partial charge in [0, 0.05) is 38.5 Å². The average molecular weight is 666 g/mol. The van der Waals surface area contributed by atoms with E-state index in [0.29, 0.717) is 0 Å². The van der Waals surface area contributed by atoms with Gasteiger partial charge in [-0.05, 0) is 82.4 Å². The Hall–Kier alpha value is -6.84. The lowest BCUT2D eigenvalue weighted by Gasteiger charge is -2.34. The summed E-state index contributed by atoms with van der Waals surface area (Å²) < 4.78 is 12.6. The van der Waals surface area contributed by atoms with E-state index in [-0.39, 0.29) is 0 Å². The van der Waals surface area contributed by atoms with Gasteiger partial charge < -0.3 is 13.7 Å². The molecule has 0 saturated carbocycles. The molecule has 0 N–H and O–H groups in total. The van der Waals surface area contributed by atoms with Crippen LogP contribution in [0.5, 0.6) is 0 Å². The Bertz CT molecular complexity index is 2820. The van der Waals surface area contributed by atoms with Crippen LogP contribution in [-0.4, -0.2) is 0 Å². The van der Waals surface area contributed by atoms with Crippen LogP contribution < -0.4 is 4.90 Å². The topological polar surface area (TPSA) is 29.5 Å². The summed E-state index contributed by atoms with van der Waals surface area (Å²) in [6.07, 6.45) is 0. The minimum atomic E-state index is -0.508. The average Bonchev–Trinajstić information content (AvgIpc) is 3.87. The zero-order valence-electron chi connectivity index (χ0n) is 28.2. The van der Waals surface area contributed by atoms with Crippen molar-refractivity contribution in [2.75, 3.05) is 4.90 Å². The van der Waals surface area contributed by atoms with Gasteiger partial charge in [-0.15, -0.1) is 0 Å². The maximum absolute atomic E-state index is 6.31. The van der Waals surface area contributed by atoms with E-state index in [0.717, 1.165) is 60.9 Å². The van der Waals surface area contributed by atoms with E-state index in [1.165, 1.54) is 33.4 Å². The fourth-order valence-corrected chi connectivity index (χ4v) is 8.79. The minimum absolute atomic E-state index is 0.508. The second-order valence-corrected chi connectivity index (χ2v) is 13.6. The molecule has 11 rings (SSSR count). The van der Waals surface area contributed by atoms with Gasteiger partial charge in [0.25, 0.3) is 0 Å². The molecule has 8 aromatic carbocycles. The van der Waals surface area contributed by atoms with Crippen molar-refractivity contribution in [3.8, 4) is 11.1 Å². The molecule has 244 valence electrons. The third-order valence-corrected chi connectivity index (χ3v) is 10.9. The molecule has 1 aliphatic rings. The smallest absolute Gasteiger partial charge is 0.135 e. The van der Waals surface area contributed by atoms with Crippen LogP contribution in [-0.2, 0) is 5.41 Å². The van der Waals surface area contributed by atoms with Crippen molar-refractivity contribution >= 4 is 60.9 Å². The van der Waals surface area contributed by atoms with Gasteiger partial charge in [-0.25, -0.2) is 0 Å². The van der Waals surface area contributed by atoms with E-state index < -0.39 is 5.41 Å². The van der Waals surface area contributed by atoms with E-state index in [4.69, 9.17) is 8.83 Å². The van der Waals surface area contributed by atoms with E-state index in [1.54, 1.807) is 0 Å². The lowest BCUT2D eigenvalue weighted by molar-refractivity contribution is 0.668. The maximum Gasteiger partial charge on any atom is 0.135 e. The molecule has 3 nitrogen and oxygen atoms in total. The molecule has 0 fully saturated rings. The summed E-state index contributed by atoms with van der Waals surface area (Å²) in [5.41, 5.74) is 13.7. The van der Waals surface area contributed by atoms with Gasteiger partial charge in [0.1, 0.15) is 22.3 Å². The Labute approximate surface area is 300 Å². The number of para-hydroxylation sites is 2. The van der Waals surface area contributed by atoms with Crippen molar-refractivity contribution in [1.82, 2.24) is 0 Å². The summed E-state index contributed by atoms with van der Waals surface area (Å²) in [6.45, 7) is 0. The van der Waals surface area contributed by atoms with Crippen molar-refractivity contribution < 1.29 is 8.83 Å². The predicted molar refractivity (Wildman–Crippen MR) is 213 cm³/mol. The molecule has 2 heterocycles. The second-order valence-electron chi connectivity index (χ2n) is 13.6. The molecule has 0 atom stereocenters. The summed E-state index contributed by atoms with van der Waals surface area (Å²) in [5.74, 6) is 0. The third-order valence-electron chi connectivity index (χ3n) is 10.9. The Morgan fingerprint density at radius 1 is 0.365 bits per heavy atom. The van der Waals surface area contributed by atoms with Crippen LogP contribution in [0.25, 0.3) is 55.0 Å². The standard InChI is InChI=1S/C49H31NO2/c1-3-14-32(15-4-1)49(33-16-5-2-6-17-33)41-21-10-7-20-38(41)48-42(49)22-13-23-43(48)50(34-26-28-46-39(30-34)36-18-8-11-24-44(36)51-46)35-27-29-47-40(31-35)37-19-9-12-25-45(37)52-47/h1-31H. The zero-order chi connectivity index (χ0) is 34.2. The summed E-state index contributed by atoms with van der Waals surface area (Å²) in [5, 5.41) is 4.38. The zero-order valence-corrected chi connectivity index (χ0v) is 28.2. The third kappa shape index (κ3) is 4.02. The Kier molecular flexibility index (Phi) is 6.17. The predicted octanol–water partition coefficient (Wildman–Crippen LogP) is 13.3.